The molecule has 0 spiro atoms. The van der Waals surface area contributed by atoms with Crippen LogP contribution in [-0.2, 0) is 4.79 Å². The van der Waals surface area contributed by atoms with Crippen molar-refractivity contribution in [2.24, 2.45) is 11.7 Å². The van der Waals surface area contributed by atoms with Crippen LogP contribution in [0.1, 0.15) is 10.4 Å². The zero-order chi connectivity index (χ0) is 10.8. The molecule has 5 nitrogen and oxygen atoms in total. The minimum Gasteiger partial charge on any atom is -0.369 e. The van der Waals surface area contributed by atoms with E-state index in [-0.39, 0.29) is 11.8 Å². The molecule has 1 fully saturated rings. The number of aromatic nitrogens is 1. The fraction of sp³-hybridized carbons (Fsp3) is 0.300. The van der Waals surface area contributed by atoms with E-state index in [1.54, 1.807) is 18.3 Å². The third-order valence-electron chi connectivity index (χ3n) is 2.53. The predicted molar refractivity (Wildman–Crippen MR) is 54.5 cm³/mol. The molecule has 2 heterocycles. The van der Waals surface area contributed by atoms with Crippen LogP contribution in [0.2, 0.25) is 0 Å². The Hall–Kier alpha value is -1.91. The van der Waals surface area contributed by atoms with Gasteiger partial charge in [-0.05, 0) is 12.1 Å². The lowest BCUT2D eigenvalue weighted by atomic mass is 9.99. The molecule has 1 saturated heterocycles. The summed E-state index contributed by atoms with van der Waals surface area (Å²) in [7, 11) is 0. The van der Waals surface area contributed by atoms with Gasteiger partial charge in [-0.3, -0.25) is 9.59 Å². The number of rotatable bonds is 3. The summed E-state index contributed by atoms with van der Waals surface area (Å²) in [5, 5.41) is 0. The highest BCUT2D eigenvalue weighted by Gasteiger charge is 2.32. The molecule has 1 amide bonds. The van der Waals surface area contributed by atoms with Crippen molar-refractivity contribution in [3.05, 3.63) is 23.9 Å². The van der Waals surface area contributed by atoms with E-state index >= 15 is 0 Å². The largest absolute Gasteiger partial charge is 0.369 e. The SMILES string of the molecule is NC(=O)C1CN(c2ncccc2C=O)C1. The Morgan fingerprint density at radius 2 is 2.33 bits per heavy atom. The Morgan fingerprint density at radius 1 is 1.60 bits per heavy atom. The number of hydrogen-bond donors (Lipinski definition) is 1. The lowest BCUT2D eigenvalue weighted by Gasteiger charge is -2.38. The number of aldehydes is 1. The number of carbonyl (C=O) groups is 2. The van der Waals surface area contributed by atoms with Crippen LogP contribution in [0.5, 0.6) is 0 Å². The predicted octanol–water partition coefficient (Wildman–Crippen LogP) is -0.184. The van der Waals surface area contributed by atoms with Gasteiger partial charge in [0.25, 0.3) is 0 Å². The van der Waals surface area contributed by atoms with Gasteiger partial charge in [0.1, 0.15) is 5.82 Å². The van der Waals surface area contributed by atoms with Crippen LogP contribution in [-0.4, -0.2) is 30.3 Å². The van der Waals surface area contributed by atoms with Gasteiger partial charge in [0.05, 0.1) is 11.5 Å². The van der Waals surface area contributed by atoms with Crippen LogP contribution in [0.4, 0.5) is 5.82 Å². The number of nitrogens with zero attached hydrogens (tertiary/aromatic N) is 2. The van der Waals surface area contributed by atoms with Crippen molar-refractivity contribution in [1.82, 2.24) is 4.98 Å². The molecule has 2 N–H and O–H groups in total. The maximum absolute atomic E-state index is 10.8. The molecule has 0 atom stereocenters. The molecule has 1 aliphatic heterocycles. The molecule has 5 heteroatoms. The van der Waals surface area contributed by atoms with E-state index in [1.807, 2.05) is 4.90 Å². The van der Waals surface area contributed by atoms with Crippen molar-refractivity contribution in [1.29, 1.82) is 0 Å². The van der Waals surface area contributed by atoms with E-state index in [4.69, 9.17) is 5.73 Å². The minimum atomic E-state index is -0.296. The average molecular weight is 205 g/mol. The Morgan fingerprint density at radius 3 is 2.93 bits per heavy atom. The van der Waals surface area contributed by atoms with Crippen molar-refractivity contribution in [2.75, 3.05) is 18.0 Å². The quantitative estimate of drug-likeness (QED) is 0.694. The number of carbonyl (C=O) groups excluding carboxylic acids is 2. The highest BCUT2D eigenvalue weighted by molar-refractivity contribution is 5.85. The molecule has 1 aromatic heterocycles. The highest BCUT2D eigenvalue weighted by Crippen LogP contribution is 2.24. The van der Waals surface area contributed by atoms with E-state index in [1.165, 1.54) is 0 Å². The molecule has 15 heavy (non-hydrogen) atoms. The van der Waals surface area contributed by atoms with E-state index < -0.39 is 0 Å². The van der Waals surface area contributed by atoms with E-state index in [9.17, 15) is 9.59 Å². The molecule has 0 aliphatic carbocycles. The number of nitrogens with two attached hydrogens (primary N) is 1. The first-order valence-corrected chi connectivity index (χ1v) is 4.67. The van der Waals surface area contributed by atoms with Crippen LogP contribution in [0, 0.1) is 5.92 Å². The van der Waals surface area contributed by atoms with Crippen molar-refractivity contribution >= 4 is 18.0 Å². The summed E-state index contributed by atoms with van der Waals surface area (Å²) >= 11 is 0. The van der Waals surface area contributed by atoms with Crippen LogP contribution in [0.25, 0.3) is 0 Å². The minimum absolute atomic E-state index is 0.119. The molecular weight excluding hydrogens is 194 g/mol. The lowest BCUT2D eigenvalue weighted by molar-refractivity contribution is -0.122. The van der Waals surface area contributed by atoms with Crippen LogP contribution in [0.3, 0.4) is 0 Å². The molecule has 0 bridgehead atoms. The van der Waals surface area contributed by atoms with E-state index in [0.717, 1.165) is 6.29 Å². The average Bonchev–Trinajstić information content (AvgIpc) is 2.15. The maximum Gasteiger partial charge on any atom is 0.224 e. The summed E-state index contributed by atoms with van der Waals surface area (Å²) in [6.45, 7) is 1.10. The van der Waals surface area contributed by atoms with Gasteiger partial charge in [-0.2, -0.15) is 0 Å². The third kappa shape index (κ3) is 1.68. The molecule has 0 radical (unpaired) electrons. The normalized spacial score (nSPS) is 15.9. The molecule has 0 aromatic carbocycles. The lowest BCUT2D eigenvalue weighted by Crippen LogP contribution is -2.53. The van der Waals surface area contributed by atoms with Gasteiger partial charge in [0, 0.05) is 19.3 Å². The second kappa shape index (κ2) is 3.68. The van der Waals surface area contributed by atoms with Crippen LogP contribution >= 0.6 is 0 Å². The van der Waals surface area contributed by atoms with E-state index in [2.05, 4.69) is 4.98 Å². The second-order valence-corrected chi connectivity index (χ2v) is 3.54. The van der Waals surface area contributed by atoms with E-state index in [0.29, 0.717) is 24.5 Å². The van der Waals surface area contributed by atoms with Gasteiger partial charge < -0.3 is 10.6 Å². The molecule has 1 aliphatic rings. The Labute approximate surface area is 86.9 Å². The van der Waals surface area contributed by atoms with Gasteiger partial charge in [0.2, 0.25) is 5.91 Å². The topological polar surface area (TPSA) is 76.3 Å². The highest BCUT2D eigenvalue weighted by atomic mass is 16.1. The maximum atomic E-state index is 10.8. The molecule has 1 aromatic rings. The summed E-state index contributed by atoms with van der Waals surface area (Å²) < 4.78 is 0. The van der Waals surface area contributed by atoms with Crippen LogP contribution in [0.15, 0.2) is 18.3 Å². The Kier molecular flexibility index (Phi) is 2.37. The smallest absolute Gasteiger partial charge is 0.224 e. The molecule has 0 unspecified atom stereocenters. The van der Waals surface area contributed by atoms with Gasteiger partial charge >= 0.3 is 0 Å². The number of hydrogen-bond acceptors (Lipinski definition) is 4. The van der Waals surface area contributed by atoms with Crippen molar-refractivity contribution in [3.63, 3.8) is 0 Å². The zero-order valence-electron chi connectivity index (χ0n) is 8.09. The summed E-state index contributed by atoms with van der Waals surface area (Å²) in [6.07, 6.45) is 2.39. The fourth-order valence-corrected chi connectivity index (χ4v) is 1.60. The van der Waals surface area contributed by atoms with Crippen molar-refractivity contribution in [2.45, 2.75) is 0 Å². The van der Waals surface area contributed by atoms with Gasteiger partial charge in [0.15, 0.2) is 6.29 Å². The summed E-state index contributed by atoms with van der Waals surface area (Å²) in [4.78, 5) is 27.5. The van der Waals surface area contributed by atoms with Gasteiger partial charge in [-0.1, -0.05) is 0 Å². The first-order chi connectivity index (χ1) is 7.22. The first-order valence-electron chi connectivity index (χ1n) is 4.67. The van der Waals surface area contributed by atoms with Gasteiger partial charge in [-0.15, -0.1) is 0 Å². The Bertz CT molecular complexity index is 399. The summed E-state index contributed by atoms with van der Waals surface area (Å²) in [5.74, 6) is 0.214. The molecule has 78 valence electrons. The standard InChI is InChI=1S/C10H11N3O2/c11-9(15)8-4-13(5-8)10-7(6-14)2-1-3-12-10/h1-3,6,8H,4-5H2,(H2,11,15). The molecule has 0 saturated carbocycles. The Balaban J connectivity index is 2.12. The monoisotopic (exact) mass is 205 g/mol. The number of amides is 1. The number of anilines is 1. The van der Waals surface area contributed by atoms with Crippen molar-refractivity contribution in [3.8, 4) is 0 Å². The van der Waals surface area contributed by atoms with Crippen LogP contribution < -0.4 is 10.6 Å². The summed E-state index contributed by atoms with van der Waals surface area (Å²) in [5.41, 5.74) is 5.70. The summed E-state index contributed by atoms with van der Waals surface area (Å²) in [6, 6.07) is 3.41. The third-order valence-corrected chi connectivity index (χ3v) is 2.53. The fourth-order valence-electron chi connectivity index (χ4n) is 1.60. The van der Waals surface area contributed by atoms with Crippen molar-refractivity contribution < 1.29 is 9.59 Å². The second-order valence-electron chi connectivity index (χ2n) is 3.54. The number of pyridine rings is 1. The zero-order valence-corrected chi connectivity index (χ0v) is 8.09. The number of primary amides is 1. The van der Waals surface area contributed by atoms with Gasteiger partial charge in [-0.25, -0.2) is 4.98 Å². The molecular formula is C10H11N3O2. The molecule has 2 rings (SSSR count). The first kappa shape index (κ1) is 9.64.